The smallest absolute Gasteiger partial charge is 0.229 e. The van der Waals surface area contributed by atoms with Gasteiger partial charge in [-0.25, -0.2) is 0 Å². The summed E-state index contributed by atoms with van der Waals surface area (Å²) in [5.74, 6) is 2.13. The summed E-state index contributed by atoms with van der Waals surface area (Å²) < 4.78 is 11.0. The van der Waals surface area contributed by atoms with Gasteiger partial charge in [0.1, 0.15) is 5.75 Å². The van der Waals surface area contributed by atoms with Gasteiger partial charge >= 0.3 is 0 Å². The van der Waals surface area contributed by atoms with E-state index < -0.39 is 0 Å². The van der Waals surface area contributed by atoms with Crippen LogP contribution < -0.4 is 4.74 Å². The number of fused-ring (bicyclic) bond motifs is 1. The molecular weight excluding hydrogens is 288 g/mol. The first-order valence-corrected chi connectivity index (χ1v) is 7.15. The van der Waals surface area contributed by atoms with Gasteiger partial charge in [-0.05, 0) is 12.1 Å². The maximum Gasteiger partial charge on any atom is 0.229 e. The molecule has 1 aromatic heterocycles. The summed E-state index contributed by atoms with van der Waals surface area (Å²) in [6.07, 6.45) is 0. The zero-order valence-corrected chi connectivity index (χ0v) is 12.6. The monoisotopic (exact) mass is 302 g/mol. The molecule has 0 aliphatic rings. The van der Waals surface area contributed by atoms with Crippen LogP contribution in [-0.2, 0) is 6.61 Å². The fourth-order valence-corrected chi connectivity index (χ4v) is 2.29. The van der Waals surface area contributed by atoms with Crippen molar-refractivity contribution in [2.45, 2.75) is 26.4 Å². The van der Waals surface area contributed by atoms with Crippen molar-refractivity contribution in [3.63, 3.8) is 0 Å². The summed E-state index contributed by atoms with van der Waals surface area (Å²) >= 11 is 6.19. The highest BCUT2D eigenvalue weighted by atomic mass is 35.5. The van der Waals surface area contributed by atoms with E-state index in [9.17, 15) is 0 Å². The summed E-state index contributed by atoms with van der Waals surface area (Å²) in [4.78, 5) is 4.29. The van der Waals surface area contributed by atoms with Crippen LogP contribution in [0.2, 0.25) is 5.02 Å². The molecule has 0 atom stereocenters. The number of halogens is 1. The highest BCUT2D eigenvalue weighted by molar-refractivity contribution is 6.35. The first kappa shape index (κ1) is 13.9. The van der Waals surface area contributed by atoms with E-state index in [1.54, 1.807) is 0 Å². The molecule has 4 nitrogen and oxygen atoms in total. The predicted molar refractivity (Wildman–Crippen MR) is 81.7 cm³/mol. The Kier molecular flexibility index (Phi) is 3.80. The molecule has 2 aromatic carbocycles. The minimum atomic E-state index is 0.211. The zero-order valence-electron chi connectivity index (χ0n) is 11.8. The molecule has 3 rings (SSSR count). The summed E-state index contributed by atoms with van der Waals surface area (Å²) in [5.41, 5.74) is 0. The van der Waals surface area contributed by atoms with Crippen molar-refractivity contribution in [1.29, 1.82) is 0 Å². The number of ether oxygens (including phenoxy) is 1. The Morgan fingerprint density at radius 2 is 1.90 bits per heavy atom. The van der Waals surface area contributed by atoms with Crippen molar-refractivity contribution >= 4 is 22.4 Å². The Bertz CT molecular complexity index is 768. The molecular formula is C16H15ClN2O2. The molecule has 3 aromatic rings. The quantitative estimate of drug-likeness (QED) is 0.708. The standard InChI is InChI=1S/C16H15ClN2O2/c1-10(2)16-18-15(19-21-16)9-20-14-8-7-13(17)11-5-3-4-6-12(11)14/h3-8,10H,9H2,1-2H3. The molecule has 0 fully saturated rings. The van der Waals surface area contributed by atoms with Crippen LogP contribution in [0.1, 0.15) is 31.5 Å². The second-order valence-electron chi connectivity index (χ2n) is 5.08. The molecule has 0 aliphatic carbocycles. The maximum atomic E-state index is 6.19. The van der Waals surface area contributed by atoms with Gasteiger partial charge in [0.15, 0.2) is 6.61 Å². The molecule has 5 heteroatoms. The Balaban J connectivity index is 1.83. The minimum Gasteiger partial charge on any atom is -0.485 e. The molecule has 0 aliphatic heterocycles. The van der Waals surface area contributed by atoms with Gasteiger partial charge in [0.05, 0.1) is 0 Å². The molecule has 1 heterocycles. The van der Waals surface area contributed by atoms with E-state index in [1.165, 1.54) is 0 Å². The van der Waals surface area contributed by atoms with Crippen LogP contribution in [0.3, 0.4) is 0 Å². The number of rotatable bonds is 4. The number of benzene rings is 2. The Morgan fingerprint density at radius 1 is 1.14 bits per heavy atom. The normalized spacial score (nSPS) is 11.2. The van der Waals surface area contributed by atoms with E-state index in [0.29, 0.717) is 16.7 Å². The Morgan fingerprint density at radius 3 is 2.62 bits per heavy atom. The van der Waals surface area contributed by atoms with Crippen molar-refractivity contribution in [2.24, 2.45) is 0 Å². The van der Waals surface area contributed by atoms with E-state index in [2.05, 4.69) is 10.1 Å². The highest BCUT2D eigenvalue weighted by Gasteiger charge is 2.11. The van der Waals surface area contributed by atoms with Crippen LogP contribution in [0.5, 0.6) is 5.75 Å². The molecule has 0 amide bonds. The fraction of sp³-hybridized carbons (Fsp3) is 0.250. The van der Waals surface area contributed by atoms with Crippen LogP contribution in [0, 0.1) is 0 Å². The first-order chi connectivity index (χ1) is 10.1. The second kappa shape index (κ2) is 5.74. The lowest BCUT2D eigenvalue weighted by atomic mass is 10.1. The van der Waals surface area contributed by atoms with E-state index in [4.69, 9.17) is 20.9 Å². The zero-order chi connectivity index (χ0) is 14.8. The third kappa shape index (κ3) is 2.85. The van der Waals surface area contributed by atoms with Gasteiger partial charge in [-0.3, -0.25) is 0 Å². The molecule has 0 saturated heterocycles. The SMILES string of the molecule is CC(C)c1nc(COc2ccc(Cl)c3ccccc23)no1. The average Bonchev–Trinajstić information content (AvgIpc) is 2.96. The first-order valence-electron chi connectivity index (χ1n) is 6.77. The van der Waals surface area contributed by atoms with E-state index in [0.717, 1.165) is 16.5 Å². The Labute approximate surface area is 127 Å². The number of hydrogen-bond donors (Lipinski definition) is 0. The third-order valence-electron chi connectivity index (χ3n) is 3.17. The highest BCUT2D eigenvalue weighted by Crippen LogP contribution is 2.31. The minimum absolute atomic E-state index is 0.211. The lowest BCUT2D eigenvalue weighted by Gasteiger charge is -2.08. The predicted octanol–water partition coefficient (Wildman–Crippen LogP) is 4.58. The summed E-state index contributed by atoms with van der Waals surface area (Å²) in [6.45, 7) is 4.28. The Hall–Kier alpha value is -2.07. The van der Waals surface area contributed by atoms with Crippen LogP contribution in [0.25, 0.3) is 10.8 Å². The van der Waals surface area contributed by atoms with Gasteiger partial charge in [-0.1, -0.05) is 54.9 Å². The fourth-order valence-electron chi connectivity index (χ4n) is 2.06. The maximum absolute atomic E-state index is 6.19. The lowest BCUT2D eigenvalue weighted by molar-refractivity contribution is 0.287. The lowest BCUT2D eigenvalue weighted by Crippen LogP contribution is -1.98. The van der Waals surface area contributed by atoms with Crippen molar-refractivity contribution in [3.05, 3.63) is 53.1 Å². The summed E-state index contributed by atoms with van der Waals surface area (Å²) in [6, 6.07) is 11.5. The van der Waals surface area contributed by atoms with Crippen LogP contribution >= 0.6 is 11.6 Å². The molecule has 0 radical (unpaired) electrons. The molecule has 0 spiro atoms. The van der Waals surface area contributed by atoms with Crippen molar-refractivity contribution < 1.29 is 9.26 Å². The molecule has 21 heavy (non-hydrogen) atoms. The van der Waals surface area contributed by atoms with Crippen LogP contribution in [0.4, 0.5) is 0 Å². The van der Waals surface area contributed by atoms with E-state index >= 15 is 0 Å². The van der Waals surface area contributed by atoms with Crippen LogP contribution in [0.15, 0.2) is 40.9 Å². The molecule has 0 saturated carbocycles. The van der Waals surface area contributed by atoms with Crippen LogP contribution in [-0.4, -0.2) is 10.1 Å². The average molecular weight is 303 g/mol. The van der Waals surface area contributed by atoms with Gasteiger partial charge in [-0.2, -0.15) is 4.98 Å². The molecule has 108 valence electrons. The topological polar surface area (TPSA) is 48.2 Å². The summed E-state index contributed by atoms with van der Waals surface area (Å²) in [5, 5.41) is 6.56. The van der Waals surface area contributed by atoms with Gasteiger partial charge in [0, 0.05) is 21.7 Å². The molecule has 0 N–H and O–H groups in total. The van der Waals surface area contributed by atoms with Crippen molar-refractivity contribution in [3.8, 4) is 5.75 Å². The van der Waals surface area contributed by atoms with E-state index in [1.807, 2.05) is 50.2 Å². The second-order valence-corrected chi connectivity index (χ2v) is 5.49. The number of nitrogens with zero attached hydrogens (tertiary/aromatic N) is 2. The molecule has 0 bridgehead atoms. The largest absolute Gasteiger partial charge is 0.485 e. The van der Waals surface area contributed by atoms with Gasteiger partial charge in [0.2, 0.25) is 11.7 Å². The summed E-state index contributed by atoms with van der Waals surface area (Å²) in [7, 11) is 0. The third-order valence-corrected chi connectivity index (χ3v) is 3.49. The van der Waals surface area contributed by atoms with Crippen molar-refractivity contribution in [2.75, 3.05) is 0 Å². The number of hydrogen-bond acceptors (Lipinski definition) is 4. The molecule has 0 unspecified atom stereocenters. The van der Waals surface area contributed by atoms with Gasteiger partial charge in [-0.15, -0.1) is 0 Å². The van der Waals surface area contributed by atoms with Crippen molar-refractivity contribution in [1.82, 2.24) is 10.1 Å². The van der Waals surface area contributed by atoms with Gasteiger partial charge < -0.3 is 9.26 Å². The van der Waals surface area contributed by atoms with E-state index in [-0.39, 0.29) is 12.5 Å². The van der Waals surface area contributed by atoms with Gasteiger partial charge in [0.25, 0.3) is 0 Å². The number of aromatic nitrogens is 2.